The van der Waals surface area contributed by atoms with Crippen molar-refractivity contribution in [1.82, 2.24) is 14.3 Å². The van der Waals surface area contributed by atoms with Gasteiger partial charge < -0.3 is 10.2 Å². The van der Waals surface area contributed by atoms with Crippen LogP contribution in [0.5, 0.6) is 0 Å². The van der Waals surface area contributed by atoms with E-state index in [4.69, 9.17) is 5.26 Å². The number of hydrogen-bond acceptors (Lipinski definition) is 4. The molecule has 1 aliphatic heterocycles. The number of piperidine rings is 1. The normalized spacial score (nSPS) is 16.4. The number of amides is 2. The maximum atomic E-state index is 13.1. The van der Waals surface area contributed by atoms with Crippen molar-refractivity contribution in [1.29, 1.82) is 5.26 Å². The van der Waals surface area contributed by atoms with E-state index < -0.39 is 5.91 Å². The molecule has 4 rings (SSSR count). The molecule has 0 saturated carbocycles. The van der Waals surface area contributed by atoms with Crippen LogP contribution >= 0.6 is 0 Å². The number of nitrogens with zero attached hydrogens (tertiary/aromatic N) is 4. The number of likely N-dealkylation sites (tertiary alicyclic amines) is 1. The number of pyridine rings is 1. The monoisotopic (exact) mass is 387 g/mol. The number of carbonyl (C=O) groups is 2. The molecule has 0 spiro atoms. The number of carbonyl (C=O) groups excluding carboxylic acids is 2. The molecular formula is C22H21N5O2. The van der Waals surface area contributed by atoms with E-state index in [1.54, 1.807) is 40.9 Å². The molecule has 7 nitrogen and oxygen atoms in total. The predicted molar refractivity (Wildman–Crippen MR) is 109 cm³/mol. The number of nitrogens with one attached hydrogen (secondary N) is 1. The third kappa shape index (κ3) is 3.69. The summed E-state index contributed by atoms with van der Waals surface area (Å²) < 4.78 is 1.68. The summed E-state index contributed by atoms with van der Waals surface area (Å²) in [5.74, 6) is 0.150. The van der Waals surface area contributed by atoms with Gasteiger partial charge in [0.1, 0.15) is 0 Å². The van der Waals surface area contributed by atoms with Crippen LogP contribution < -0.4 is 5.32 Å². The van der Waals surface area contributed by atoms with Crippen molar-refractivity contribution < 1.29 is 9.59 Å². The minimum absolute atomic E-state index is 0.157. The number of anilines is 1. The highest BCUT2D eigenvalue weighted by atomic mass is 16.2. The molecule has 1 atom stereocenters. The summed E-state index contributed by atoms with van der Waals surface area (Å²) in [4.78, 5) is 32.2. The van der Waals surface area contributed by atoms with Gasteiger partial charge in [0, 0.05) is 25.0 Å². The summed E-state index contributed by atoms with van der Waals surface area (Å²) in [7, 11) is 0. The predicted octanol–water partition coefficient (Wildman–Crippen LogP) is 3.33. The van der Waals surface area contributed by atoms with Crippen molar-refractivity contribution in [3.8, 4) is 6.07 Å². The van der Waals surface area contributed by atoms with Gasteiger partial charge >= 0.3 is 0 Å². The number of hydrogen-bond donors (Lipinski definition) is 1. The van der Waals surface area contributed by atoms with E-state index >= 15 is 0 Å². The lowest BCUT2D eigenvalue weighted by Crippen LogP contribution is -2.39. The molecule has 0 aliphatic carbocycles. The van der Waals surface area contributed by atoms with Crippen molar-refractivity contribution >= 4 is 23.0 Å². The summed E-state index contributed by atoms with van der Waals surface area (Å²) in [6.07, 6.45) is 3.84. The number of aromatic nitrogens is 2. The number of nitriles is 1. The molecule has 0 radical (unpaired) electrons. The standard InChI is InChI=1S/C22H21N5O2/c1-15-5-4-11-26(14-15)22(29)20-25-19(18-6-2-3-12-27(18)20)21(28)24-17-9-7-16(13-23)8-10-17/h2-3,6-10,12,15H,4-5,11,14H2,1H3,(H,24,28). The number of fused-ring (bicyclic) bond motifs is 1. The molecule has 146 valence electrons. The Bertz CT molecular complexity index is 1110. The van der Waals surface area contributed by atoms with Gasteiger partial charge in [-0.1, -0.05) is 13.0 Å². The fraction of sp³-hybridized carbons (Fsp3) is 0.273. The molecule has 3 heterocycles. The minimum atomic E-state index is -0.399. The fourth-order valence-corrected chi connectivity index (χ4v) is 3.69. The lowest BCUT2D eigenvalue weighted by molar-refractivity contribution is 0.0670. The third-order valence-corrected chi connectivity index (χ3v) is 5.17. The largest absolute Gasteiger partial charge is 0.336 e. The highest BCUT2D eigenvalue weighted by Gasteiger charge is 2.27. The molecule has 1 saturated heterocycles. The summed E-state index contributed by atoms with van der Waals surface area (Å²) in [5.41, 5.74) is 1.85. The van der Waals surface area contributed by atoms with Gasteiger partial charge in [-0.2, -0.15) is 5.26 Å². The van der Waals surface area contributed by atoms with Crippen LogP contribution in [0.4, 0.5) is 5.69 Å². The molecule has 1 fully saturated rings. The summed E-state index contributed by atoms with van der Waals surface area (Å²) in [6.45, 7) is 3.55. The topological polar surface area (TPSA) is 90.5 Å². The lowest BCUT2D eigenvalue weighted by Gasteiger charge is -2.30. The van der Waals surface area contributed by atoms with Crippen LogP contribution in [-0.4, -0.2) is 39.2 Å². The van der Waals surface area contributed by atoms with Crippen LogP contribution in [0.1, 0.15) is 46.4 Å². The second-order valence-electron chi connectivity index (χ2n) is 7.38. The Balaban J connectivity index is 1.65. The average Bonchev–Trinajstić information content (AvgIpc) is 3.13. The van der Waals surface area contributed by atoms with Crippen LogP contribution in [0, 0.1) is 17.2 Å². The molecule has 7 heteroatoms. The Morgan fingerprint density at radius 2 is 2.00 bits per heavy atom. The third-order valence-electron chi connectivity index (χ3n) is 5.17. The molecule has 2 amide bonds. The second-order valence-corrected chi connectivity index (χ2v) is 7.38. The summed E-state index contributed by atoms with van der Waals surface area (Å²) in [6, 6.07) is 14.0. The maximum absolute atomic E-state index is 13.1. The zero-order valence-electron chi connectivity index (χ0n) is 16.1. The van der Waals surface area contributed by atoms with Gasteiger partial charge in [0.25, 0.3) is 11.8 Å². The zero-order valence-corrected chi connectivity index (χ0v) is 16.1. The molecule has 1 N–H and O–H groups in total. The first-order valence-electron chi connectivity index (χ1n) is 9.64. The van der Waals surface area contributed by atoms with E-state index in [1.807, 2.05) is 23.1 Å². The number of benzene rings is 1. The van der Waals surface area contributed by atoms with Gasteiger partial charge in [-0.15, -0.1) is 0 Å². The zero-order chi connectivity index (χ0) is 20.4. The highest BCUT2D eigenvalue weighted by molar-refractivity contribution is 6.09. The molecule has 3 aromatic rings. The molecule has 0 bridgehead atoms. The van der Waals surface area contributed by atoms with Crippen LogP contribution in [0.3, 0.4) is 0 Å². The van der Waals surface area contributed by atoms with Gasteiger partial charge in [0.2, 0.25) is 5.82 Å². The quantitative estimate of drug-likeness (QED) is 0.746. The number of imidazole rings is 1. The Morgan fingerprint density at radius 3 is 2.72 bits per heavy atom. The fourth-order valence-electron chi connectivity index (χ4n) is 3.69. The Hall–Kier alpha value is -3.66. The first-order valence-corrected chi connectivity index (χ1v) is 9.64. The highest BCUT2D eigenvalue weighted by Crippen LogP contribution is 2.21. The molecule has 2 aromatic heterocycles. The molecule has 1 aromatic carbocycles. The molecule has 29 heavy (non-hydrogen) atoms. The van der Waals surface area contributed by atoms with Gasteiger partial charge in [-0.25, -0.2) is 4.98 Å². The van der Waals surface area contributed by atoms with Crippen LogP contribution in [0.25, 0.3) is 5.52 Å². The smallest absolute Gasteiger partial charge is 0.290 e. The van der Waals surface area contributed by atoms with E-state index in [0.717, 1.165) is 12.8 Å². The van der Waals surface area contributed by atoms with E-state index in [9.17, 15) is 9.59 Å². The van der Waals surface area contributed by atoms with Crippen LogP contribution in [0.2, 0.25) is 0 Å². The van der Waals surface area contributed by atoms with Gasteiger partial charge in [0.15, 0.2) is 5.69 Å². The van der Waals surface area contributed by atoms with Crippen molar-refractivity contribution in [2.75, 3.05) is 18.4 Å². The van der Waals surface area contributed by atoms with Gasteiger partial charge in [-0.05, 0) is 55.2 Å². The van der Waals surface area contributed by atoms with Gasteiger partial charge in [0.05, 0.1) is 17.1 Å². The van der Waals surface area contributed by atoms with E-state index in [-0.39, 0.29) is 17.4 Å². The Labute approximate surface area is 168 Å². The molecular weight excluding hydrogens is 366 g/mol. The van der Waals surface area contributed by atoms with Gasteiger partial charge in [-0.3, -0.25) is 14.0 Å². The van der Waals surface area contributed by atoms with E-state index in [0.29, 0.717) is 35.8 Å². The SMILES string of the molecule is CC1CCCN(C(=O)c2nc(C(=O)Nc3ccc(C#N)cc3)c3ccccn23)C1. The minimum Gasteiger partial charge on any atom is -0.336 e. The Morgan fingerprint density at radius 1 is 1.21 bits per heavy atom. The van der Waals surface area contributed by atoms with Crippen molar-refractivity contribution in [3.63, 3.8) is 0 Å². The summed E-state index contributed by atoms with van der Waals surface area (Å²) >= 11 is 0. The first-order chi connectivity index (χ1) is 14.1. The second kappa shape index (κ2) is 7.76. The van der Waals surface area contributed by atoms with E-state index in [1.165, 1.54) is 0 Å². The Kier molecular flexibility index (Phi) is 5.00. The van der Waals surface area contributed by atoms with Crippen molar-refractivity contribution in [2.45, 2.75) is 19.8 Å². The first kappa shape index (κ1) is 18.7. The summed E-state index contributed by atoms with van der Waals surface area (Å²) in [5, 5.41) is 11.7. The average molecular weight is 387 g/mol. The lowest BCUT2D eigenvalue weighted by atomic mass is 10.0. The molecule has 1 unspecified atom stereocenters. The molecule has 1 aliphatic rings. The van der Waals surface area contributed by atoms with Crippen LogP contribution in [-0.2, 0) is 0 Å². The maximum Gasteiger partial charge on any atom is 0.290 e. The van der Waals surface area contributed by atoms with Crippen LogP contribution in [0.15, 0.2) is 48.7 Å². The van der Waals surface area contributed by atoms with Crippen molar-refractivity contribution in [2.24, 2.45) is 5.92 Å². The van der Waals surface area contributed by atoms with E-state index in [2.05, 4.69) is 17.2 Å². The van der Waals surface area contributed by atoms with Crippen molar-refractivity contribution in [3.05, 3.63) is 65.7 Å². The number of rotatable bonds is 3.